The van der Waals surface area contributed by atoms with Crippen molar-refractivity contribution in [3.8, 4) is 29.5 Å². The summed E-state index contributed by atoms with van der Waals surface area (Å²) in [4.78, 5) is -0.0395. The topological polar surface area (TPSA) is 27.7 Å². The van der Waals surface area contributed by atoms with E-state index in [-0.39, 0.29) is 26.5 Å². The summed E-state index contributed by atoms with van der Waals surface area (Å²) in [6, 6.07) is 10.7. The summed E-state index contributed by atoms with van der Waals surface area (Å²) in [5.41, 5.74) is -1.42. The van der Waals surface area contributed by atoms with Gasteiger partial charge in [-0.25, -0.2) is 0 Å². The first-order valence-electron chi connectivity index (χ1n) is 9.61. The molecule has 0 fully saturated rings. The van der Waals surface area contributed by atoms with Crippen molar-refractivity contribution in [3.05, 3.63) is 72.3 Å². The normalized spacial score (nSPS) is 12.8. The van der Waals surface area contributed by atoms with E-state index >= 15 is 0 Å². The van der Waals surface area contributed by atoms with Crippen LogP contribution in [0, 0.1) is 12.3 Å². The molecule has 0 bridgehead atoms. The fraction of sp³-hybridized carbons (Fsp3) is 0.130. The predicted octanol–water partition coefficient (Wildman–Crippen LogP) is 7.86. The van der Waals surface area contributed by atoms with Gasteiger partial charge in [-0.3, -0.25) is 0 Å². The number of ether oxygens (including phenoxy) is 3. The molecular weight excluding hydrogens is 546 g/mol. The average Bonchev–Trinajstić information content (AvgIpc) is 2.78. The molecule has 14 heteroatoms. The summed E-state index contributed by atoms with van der Waals surface area (Å²) in [5.74, 6) is -1.76. The molecule has 0 aromatic heterocycles. The largest absolute Gasteiger partial charge is 0.573 e. The Morgan fingerprint density at radius 2 is 1.14 bits per heavy atom. The zero-order valence-corrected chi connectivity index (χ0v) is 18.6. The van der Waals surface area contributed by atoms with Gasteiger partial charge >= 0.3 is 18.9 Å². The Labute approximate surface area is 204 Å². The van der Waals surface area contributed by atoms with Crippen molar-refractivity contribution in [3.63, 3.8) is 0 Å². The third-order valence-electron chi connectivity index (χ3n) is 4.28. The van der Waals surface area contributed by atoms with E-state index in [0.717, 1.165) is 36.5 Å². The minimum Gasteiger partial charge on any atom is -0.406 e. The molecular formula is C23H11F10O3S+. The molecule has 1 atom stereocenters. The maximum atomic E-state index is 13.2. The zero-order valence-electron chi connectivity index (χ0n) is 17.8. The fourth-order valence-electron chi connectivity index (χ4n) is 2.95. The molecule has 0 amide bonds. The van der Waals surface area contributed by atoms with Gasteiger partial charge in [0.2, 0.25) is 4.90 Å². The van der Waals surface area contributed by atoms with Gasteiger partial charge in [0.15, 0.2) is 21.6 Å². The number of halogens is 10. The minimum absolute atomic E-state index is 0.0329. The SMILES string of the molecule is FC#COc1ccc([S+](c2ccc(OC(F)(F)F)cc2)c2ccc(C(F)(F)F)cc2OC(F)(F)F)cc1. The molecule has 0 aliphatic heterocycles. The molecule has 0 saturated carbocycles. The van der Waals surface area contributed by atoms with Crippen LogP contribution in [0.4, 0.5) is 43.9 Å². The second-order valence-corrected chi connectivity index (χ2v) is 8.80. The molecule has 0 radical (unpaired) electrons. The molecule has 3 nitrogen and oxygen atoms in total. The Hall–Kier alpha value is -3.73. The molecule has 0 saturated heterocycles. The van der Waals surface area contributed by atoms with E-state index in [1.165, 1.54) is 24.3 Å². The van der Waals surface area contributed by atoms with Crippen LogP contribution in [0.15, 0.2) is 81.4 Å². The lowest BCUT2D eigenvalue weighted by molar-refractivity contribution is -0.276. The van der Waals surface area contributed by atoms with Crippen LogP contribution < -0.4 is 14.2 Å². The summed E-state index contributed by atoms with van der Waals surface area (Å²) in [5, 5.41) is 0. The molecule has 3 aromatic carbocycles. The Balaban J connectivity index is 2.17. The highest BCUT2D eigenvalue weighted by atomic mass is 32.2. The van der Waals surface area contributed by atoms with Gasteiger partial charge in [-0.2, -0.15) is 13.2 Å². The third-order valence-corrected chi connectivity index (χ3v) is 6.54. The maximum Gasteiger partial charge on any atom is 0.573 e. The zero-order chi connectivity index (χ0) is 27.4. The van der Waals surface area contributed by atoms with E-state index in [0.29, 0.717) is 6.07 Å². The average molecular weight is 557 g/mol. The van der Waals surface area contributed by atoms with Crippen LogP contribution in [0.3, 0.4) is 0 Å². The highest BCUT2D eigenvalue weighted by Crippen LogP contribution is 2.42. The van der Waals surface area contributed by atoms with E-state index in [9.17, 15) is 43.9 Å². The first kappa shape index (κ1) is 27.9. The van der Waals surface area contributed by atoms with Crippen molar-refractivity contribution < 1.29 is 58.1 Å². The standard InChI is InChI=1S/C23H11F10O3S/c24-11-12-34-15-2-6-17(7-3-15)37(18-8-4-16(5-9-18)35-22(28,29)30)20-10-1-14(21(25,26)27)13-19(20)36-23(31,32)33/h1-10,13H/q+1. The van der Waals surface area contributed by atoms with E-state index in [2.05, 4.69) is 9.47 Å². The molecule has 196 valence electrons. The van der Waals surface area contributed by atoms with Gasteiger partial charge in [-0.05, 0) is 66.7 Å². The summed E-state index contributed by atoms with van der Waals surface area (Å²) >= 11 is 0. The Morgan fingerprint density at radius 1 is 0.622 bits per heavy atom. The summed E-state index contributed by atoms with van der Waals surface area (Å²) in [6.07, 6.45) is -12.7. The van der Waals surface area contributed by atoms with Gasteiger partial charge in [0.1, 0.15) is 28.6 Å². The van der Waals surface area contributed by atoms with Crippen LogP contribution in [0.2, 0.25) is 0 Å². The number of hydrogen-bond donors (Lipinski definition) is 0. The number of hydrogen-bond acceptors (Lipinski definition) is 3. The smallest absolute Gasteiger partial charge is 0.406 e. The first-order chi connectivity index (χ1) is 17.2. The van der Waals surface area contributed by atoms with Crippen molar-refractivity contribution >= 4 is 10.9 Å². The van der Waals surface area contributed by atoms with Crippen molar-refractivity contribution in [1.29, 1.82) is 0 Å². The van der Waals surface area contributed by atoms with Crippen LogP contribution in [-0.4, -0.2) is 12.7 Å². The van der Waals surface area contributed by atoms with E-state index < -0.39 is 46.9 Å². The van der Waals surface area contributed by atoms with Gasteiger partial charge in [0.25, 0.3) is 0 Å². The van der Waals surface area contributed by atoms with Gasteiger partial charge in [-0.15, -0.1) is 30.7 Å². The Bertz CT molecular complexity index is 1270. The van der Waals surface area contributed by atoms with Gasteiger partial charge < -0.3 is 14.2 Å². The molecule has 1 unspecified atom stereocenters. The van der Waals surface area contributed by atoms with E-state index in [1.54, 1.807) is 6.11 Å². The molecule has 0 aliphatic rings. The highest BCUT2D eigenvalue weighted by molar-refractivity contribution is 7.97. The molecule has 0 heterocycles. The van der Waals surface area contributed by atoms with Crippen LogP contribution in [0.5, 0.6) is 17.2 Å². The van der Waals surface area contributed by atoms with Crippen molar-refractivity contribution in [2.45, 2.75) is 33.6 Å². The molecule has 37 heavy (non-hydrogen) atoms. The lowest BCUT2D eigenvalue weighted by Gasteiger charge is -2.16. The van der Waals surface area contributed by atoms with Crippen LogP contribution >= 0.6 is 0 Å². The second kappa shape index (κ2) is 10.7. The van der Waals surface area contributed by atoms with Gasteiger partial charge in [0, 0.05) is 0 Å². The number of rotatable bonds is 6. The van der Waals surface area contributed by atoms with E-state index in [4.69, 9.17) is 4.74 Å². The van der Waals surface area contributed by atoms with Crippen molar-refractivity contribution in [1.82, 2.24) is 0 Å². The molecule has 3 rings (SSSR count). The highest BCUT2D eigenvalue weighted by Gasteiger charge is 2.41. The van der Waals surface area contributed by atoms with Crippen LogP contribution in [0.25, 0.3) is 0 Å². The van der Waals surface area contributed by atoms with Gasteiger partial charge in [0.05, 0.1) is 5.56 Å². The van der Waals surface area contributed by atoms with Crippen molar-refractivity contribution in [2.75, 3.05) is 0 Å². The van der Waals surface area contributed by atoms with Crippen LogP contribution in [0.1, 0.15) is 5.56 Å². The lowest BCUT2D eigenvalue weighted by Crippen LogP contribution is -2.20. The first-order valence-corrected chi connectivity index (χ1v) is 10.8. The number of alkyl halides is 9. The quantitative estimate of drug-likeness (QED) is 0.176. The molecule has 3 aromatic rings. The second-order valence-electron chi connectivity index (χ2n) is 6.80. The summed E-state index contributed by atoms with van der Waals surface area (Å²) in [6.45, 7) is 0. The predicted molar refractivity (Wildman–Crippen MR) is 109 cm³/mol. The maximum absolute atomic E-state index is 13.2. The van der Waals surface area contributed by atoms with Crippen molar-refractivity contribution in [2.24, 2.45) is 0 Å². The minimum atomic E-state index is -5.36. The Morgan fingerprint density at radius 3 is 1.59 bits per heavy atom. The number of benzene rings is 3. The lowest BCUT2D eigenvalue weighted by atomic mass is 10.2. The van der Waals surface area contributed by atoms with E-state index in [1.807, 2.05) is 0 Å². The fourth-order valence-corrected chi connectivity index (χ4v) is 5.05. The summed E-state index contributed by atoms with van der Waals surface area (Å²) < 4.78 is 141. The van der Waals surface area contributed by atoms with Crippen LogP contribution in [-0.2, 0) is 17.1 Å². The monoisotopic (exact) mass is 557 g/mol. The Kier molecular flexibility index (Phi) is 8.06. The molecule has 0 N–H and O–H groups in total. The van der Waals surface area contributed by atoms with Gasteiger partial charge in [-0.1, -0.05) is 0 Å². The summed E-state index contributed by atoms with van der Waals surface area (Å²) in [7, 11) is -1.64. The third kappa shape index (κ3) is 7.88. The molecule has 0 aliphatic carbocycles. The molecule has 0 spiro atoms.